The fourth-order valence-corrected chi connectivity index (χ4v) is 5.28. The number of carbonyl (C=O) groups excluding carboxylic acids is 2. The van der Waals surface area contributed by atoms with Gasteiger partial charge in [0.25, 0.3) is 0 Å². The fraction of sp³-hybridized carbons (Fsp3) is 0.333. The molecule has 10 nitrogen and oxygen atoms in total. The van der Waals surface area contributed by atoms with Crippen LogP contribution in [0.5, 0.6) is 0 Å². The van der Waals surface area contributed by atoms with Crippen LogP contribution in [-0.2, 0) is 19.6 Å². The molecular weight excluding hydrogens is 436 g/mol. The number of anilines is 1. The second-order valence-corrected chi connectivity index (χ2v) is 9.26. The van der Waals surface area contributed by atoms with Gasteiger partial charge in [0.05, 0.1) is 12.2 Å². The predicted octanol–water partition coefficient (Wildman–Crippen LogP) is 2.44. The standard InChI is InChI=1S/C21H22N4O6S/c1-2-30-21(27)15-5-3-6-16(13-15)22-20(26)14-9-11-25(12-10-14)32(28,29)18-8-4-7-17-19(18)24-31-23-17/h3-8,13-14H,2,9-12H2,1H3,(H,22,26). The van der Waals surface area contributed by atoms with E-state index in [0.717, 1.165) is 0 Å². The molecule has 0 aliphatic carbocycles. The molecule has 4 rings (SSSR count). The van der Waals surface area contributed by atoms with Gasteiger partial charge in [-0.05, 0) is 60.4 Å². The first-order chi connectivity index (χ1) is 15.4. The number of piperidine rings is 1. The maximum Gasteiger partial charge on any atom is 0.338 e. The van der Waals surface area contributed by atoms with Crippen LogP contribution in [0.25, 0.3) is 11.0 Å². The average Bonchev–Trinajstić information content (AvgIpc) is 3.28. The van der Waals surface area contributed by atoms with Crippen LogP contribution in [0.15, 0.2) is 52.0 Å². The van der Waals surface area contributed by atoms with Gasteiger partial charge in [-0.2, -0.15) is 4.31 Å². The number of nitrogens with one attached hydrogen (secondary N) is 1. The van der Waals surface area contributed by atoms with Crippen LogP contribution in [0, 0.1) is 5.92 Å². The maximum atomic E-state index is 13.1. The van der Waals surface area contributed by atoms with Gasteiger partial charge in [-0.25, -0.2) is 17.8 Å². The summed E-state index contributed by atoms with van der Waals surface area (Å²) in [6.07, 6.45) is 0.741. The highest BCUT2D eigenvalue weighted by Gasteiger charge is 2.33. The number of rotatable bonds is 6. The smallest absolute Gasteiger partial charge is 0.338 e. The zero-order chi connectivity index (χ0) is 22.7. The number of amides is 1. The summed E-state index contributed by atoms with van der Waals surface area (Å²) in [4.78, 5) is 24.6. The van der Waals surface area contributed by atoms with Gasteiger partial charge in [0.15, 0.2) is 5.52 Å². The van der Waals surface area contributed by atoms with E-state index in [1.165, 1.54) is 10.4 Å². The Morgan fingerprint density at radius 1 is 1.16 bits per heavy atom. The summed E-state index contributed by atoms with van der Waals surface area (Å²) < 4.78 is 37.2. The van der Waals surface area contributed by atoms with Crippen LogP contribution in [0.2, 0.25) is 0 Å². The second-order valence-electron chi connectivity index (χ2n) is 7.36. The van der Waals surface area contributed by atoms with Gasteiger partial charge in [0.1, 0.15) is 10.4 Å². The van der Waals surface area contributed by atoms with Crippen LogP contribution >= 0.6 is 0 Å². The molecule has 168 valence electrons. The van der Waals surface area contributed by atoms with Crippen molar-refractivity contribution in [2.45, 2.75) is 24.7 Å². The SMILES string of the molecule is CCOC(=O)c1cccc(NC(=O)C2CCN(S(=O)(=O)c3cccc4nonc34)CC2)c1. The van der Waals surface area contributed by atoms with Crippen molar-refractivity contribution in [3.05, 3.63) is 48.0 Å². The van der Waals surface area contributed by atoms with Gasteiger partial charge in [-0.15, -0.1) is 0 Å². The van der Waals surface area contributed by atoms with E-state index in [2.05, 4.69) is 20.3 Å². The Morgan fingerprint density at radius 3 is 2.66 bits per heavy atom. The summed E-state index contributed by atoms with van der Waals surface area (Å²) in [5.74, 6) is -1.03. The number of esters is 1. The molecule has 1 fully saturated rings. The zero-order valence-electron chi connectivity index (χ0n) is 17.4. The van der Waals surface area contributed by atoms with Crippen LogP contribution in [0.4, 0.5) is 5.69 Å². The Hall–Kier alpha value is -3.31. The molecule has 1 aliphatic rings. The van der Waals surface area contributed by atoms with E-state index in [1.807, 2.05) is 0 Å². The van der Waals surface area contributed by atoms with Gasteiger partial charge >= 0.3 is 5.97 Å². The predicted molar refractivity (Wildman–Crippen MR) is 114 cm³/mol. The number of benzene rings is 2. The van der Waals surface area contributed by atoms with E-state index in [1.54, 1.807) is 43.3 Å². The first-order valence-electron chi connectivity index (χ1n) is 10.2. The number of ether oxygens (including phenoxy) is 1. The summed E-state index contributed by atoms with van der Waals surface area (Å²) in [7, 11) is -3.80. The molecule has 0 spiro atoms. The van der Waals surface area contributed by atoms with Crippen LogP contribution < -0.4 is 5.32 Å². The number of carbonyl (C=O) groups is 2. The largest absolute Gasteiger partial charge is 0.462 e. The fourth-order valence-electron chi connectivity index (χ4n) is 3.67. The van der Waals surface area contributed by atoms with E-state index in [0.29, 0.717) is 29.6 Å². The summed E-state index contributed by atoms with van der Waals surface area (Å²) in [6.45, 7) is 2.38. The molecule has 11 heteroatoms. The third-order valence-corrected chi connectivity index (χ3v) is 7.26. The van der Waals surface area contributed by atoms with Crippen molar-refractivity contribution in [2.24, 2.45) is 5.92 Å². The maximum absolute atomic E-state index is 13.1. The molecule has 1 N–H and O–H groups in total. The highest BCUT2D eigenvalue weighted by atomic mass is 32.2. The van der Waals surface area contributed by atoms with E-state index in [-0.39, 0.29) is 41.9 Å². The molecule has 2 aromatic carbocycles. The van der Waals surface area contributed by atoms with Crippen molar-refractivity contribution in [2.75, 3.05) is 25.0 Å². The molecule has 0 saturated carbocycles. The van der Waals surface area contributed by atoms with E-state index in [9.17, 15) is 18.0 Å². The first kappa shape index (κ1) is 21.9. The van der Waals surface area contributed by atoms with Crippen molar-refractivity contribution >= 4 is 38.6 Å². The lowest BCUT2D eigenvalue weighted by atomic mass is 9.97. The van der Waals surface area contributed by atoms with E-state index >= 15 is 0 Å². The normalized spacial score (nSPS) is 15.5. The van der Waals surface area contributed by atoms with E-state index < -0.39 is 16.0 Å². The van der Waals surface area contributed by atoms with Crippen LogP contribution in [0.3, 0.4) is 0 Å². The highest BCUT2D eigenvalue weighted by Crippen LogP contribution is 2.28. The molecule has 0 unspecified atom stereocenters. The Balaban J connectivity index is 1.40. The van der Waals surface area contributed by atoms with E-state index in [4.69, 9.17) is 4.74 Å². The second kappa shape index (κ2) is 9.05. The lowest BCUT2D eigenvalue weighted by molar-refractivity contribution is -0.120. The Morgan fingerprint density at radius 2 is 1.91 bits per heavy atom. The summed E-state index contributed by atoms with van der Waals surface area (Å²) in [5, 5.41) is 10.2. The van der Waals surface area contributed by atoms with Crippen LogP contribution in [0.1, 0.15) is 30.1 Å². The molecule has 1 aliphatic heterocycles. The number of sulfonamides is 1. The zero-order valence-corrected chi connectivity index (χ0v) is 18.2. The van der Waals surface area contributed by atoms with Crippen LogP contribution in [-0.4, -0.2) is 54.6 Å². The summed E-state index contributed by atoms with van der Waals surface area (Å²) in [6, 6.07) is 11.2. The summed E-state index contributed by atoms with van der Waals surface area (Å²) >= 11 is 0. The Kier molecular flexibility index (Phi) is 6.19. The third-order valence-electron chi connectivity index (χ3n) is 5.33. The molecule has 1 amide bonds. The van der Waals surface area contributed by atoms with Crippen molar-refractivity contribution in [1.29, 1.82) is 0 Å². The van der Waals surface area contributed by atoms with Gasteiger partial charge in [-0.3, -0.25) is 4.79 Å². The number of fused-ring (bicyclic) bond motifs is 1. The van der Waals surface area contributed by atoms with Gasteiger partial charge in [0.2, 0.25) is 15.9 Å². The number of nitrogens with zero attached hydrogens (tertiary/aromatic N) is 3. The molecule has 0 radical (unpaired) electrons. The lowest BCUT2D eigenvalue weighted by Gasteiger charge is -2.30. The van der Waals surface area contributed by atoms with Crippen molar-refractivity contribution in [3.8, 4) is 0 Å². The number of aromatic nitrogens is 2. The van der Waals surface area contributed by atoms with Crippen molar-refractivity contribution < 1.29 is 27.4 Å². The number of hydrogen-bond acceptors (Lipinski definition) is 8. The first-order valence-corrected chi connectivity index (χ1v) is 11.6. The molecule has 3 aromatic rings. The number of hydrogen-bond donors (Lipinski definition) is 1. The van der Waals surface area contributed by atoms with Gasteiger partial charge in [0, 0.05) is 24.7 Å². The quantitative estimate of drug-likeness (QED) is 0.557. The Labute approximate surface area is 184 Å². The Bertz CT molecular complexity index is 1250. The molecule has 32 heavy (non-hydrogen) atoms. The van der Waals surface area contributed by atoms with Crippen molar-refractivity contribution in [3.63, 3.8) is 0 Å². The monoisotopic (exact) mass is 458 g/mol. The lowest BCUT2D eigenvalue weighted by Crippen LogP contribution is -2.41. The van der Waals surface area contributed by atoms with Gasteiger partial charge in [-0.1, -0.05) is 12.1 Å². The molecule has 0 bridgehead atoms. The average molecular weight is 458 g/mol. The molecular formula is C21H22N4O6S. The van der Waals surface area contributed by atoms with Crippen molar-refractivity contribution in [1.82, 2.24) is 14.6 Å². The minimum Gasteiger partial charge on any atom is -0.462 e. The minimum absolute atomic E-state index is 0.0370. The minimum atomic E-state index is -3.80. The third kappa shape index (κ3) is 4.34. The molecule has 1 saturated heterocycles. The topological polar surface area (TPSA) is 132 Å². The summed E-state index contributed by atoms with van der Waals surface area (Å²) in [5.41, 5.74) is 1.39. The highest BCUT2D eigenvalue weighted by molar-refractivity contribution is 7.89. The van der Waals surface area contributed by atoms with Gasteiger partial charge < -0.3 is 10.1 Å². The molecule has 1 aromatic heterocycles. The molecule has 2 heterocycles. The molecule has 0 atom stereocenters.